The van der Waals surface area contributed by atoms with Gasteiger partial charge < -0.3 is 9.47 Å². The highest BCUT2D eigenvalue weighted by molar-refractivity contribution is 9.10. The van der Waals surface area contributed by atoms with E-state index < -0.39 is 11.7 Å². The Labute approximate surface area is 149 Å². The lowest BCUT2D eigenvalue weighted by Gasteiger charge is -2.20. The lowest BCUT2D eigenvalue weighted by Crippen LogP contribution is -2.27. The van der Waals surface area contributed by atoms with Gasteiger partial charge in [-0.3, -0.25) is 9.78 Å². The van der Waals surface area contributed by atoms with E-state index in [1.54, 1.807) is 33.8 Å². The number of hydrogen-bond donors (Lipinski definition) is 0. The number of esters is 1. The van der Waals surface area contributed by atoms with Crippen LogP contribution in [0, 0.1) is 6.92 Å². The Morgan fingerprint density at radius 1 is 1.29 bits per heavy atom. The summed E-state index contributed by atoms with van der Waals surface area (Å²) in [4.78, 5) is 29.0. The van der Waals surface area contributed by atoms with Gasteiger partial charge in [-0.25, -0.2) is 9.36 Å². The van der Waals surface area contributed by atoms with Crippen molar-refractivity contribution in [1.82, 2.24) is 9.55 Å². The molecule has 24 heavy (non-hydrogen) atoms. The predicted octanol–water partition coefficient (Wildman–Crippen LogP) is 4.00. The first-order chi connectivity index (χ1) is 11.1. The van der Waals surface area contributed by atoms with Crippen LogP contribution in [-0.2, 0) is 20.7 Å². The Morgan fingerprint density at radius 2 is 1.96 bits per heavy atom. The molecule has 0 radical (unpaired) electrons. The van der Waals surface area contributed by atoms with Crippen molar-refractivity contribution < 1.29 is 19.1 Å². The van der Waals surface area contributed by atoms with E-state index in [0.717, 1.165) is 5.69 Å². The van der Waals surface area contributed by atoms with Crippen molar-refractivity contribution >= 4 is 39.0 Å². The van der Waals surface area contributed by atoms with Crippen molar-refractivity contribution in [2.75, 3.05) is 6.61 Å². The number of rotatable bonds is 3. The summed E-state index contributed by atoms with van der Waals surface area (Å²) in [7, 11) is 0. The third-order valence-corrected chi connectivity index (χ3v) is 4.02. The number of halogens is 1. The Hall–Kier alpha value is -1.89. The summed E-state index contributed by atoms with van der Waals surface area (Å²) in [6.07, 6.45) is -0.503. The molecule has 6 nitrogen and oxygen atoms in total. The molecule has 0 saturated heterocycles. The van der Waals surface area contributed by atoms with E-state index in [0.29, 0.717) is 27.8 Å². The summed E-state index contributed by atoms with van der Waals surface area (Å²) >= 11 is 3.42. The summed E-state index contributed by atoms with van der Waals surface area (Å²) < 4.78 is 12.3. The highest BCUT2D eigenvalue weighted by atomic mass is 79.9. The summed E-state index contributed by atoms with van der Waals surface area (Å²) in [6.45, 7) is 9.30. The molecule has 2 rings (SSSR count). The molecule has 2 aromatic rings. The number of carbonyl (C=O) groups excluding carboxylic acids is 2. The highest BCUT2D eigenvalue weighted by Gasteiger charge is 2.26. The molecule has 0 aliphatic rings. The predicted molar refractivity (Wildman–Crippen MR) is 94.1 cm³/mol. The van der Waals surface area contributed by atoms with Gasteiger partial charge >= 0.3 is 12.1 Å². The molecule has 0 unspecified atom stereocenters. The number of aromatic nitrogens is 2. The average Bonchev–Trinajstić information content (AvgIpc) is 2.70. The number of aryl methyl sites for hydroxylation is 1. The van der Waals surface area contributed by atoms with E-state index in [1.165, 1.54) is 4.57 Å². The van der Waals surface area contributed by atoms with Crippen LogP contribution in [0.3, 0.4) is 0 Å². The summed E-state index contributed by atoms with van der Waals surface area (Å²) in [5.74, 6) is -0.371. The van der Waals surface area contributed by atoms with Gasteiger partial charge in [-0.1, -0.05) is 0 Å². The van der Waals surface area contributed by atoms with Crippen molar-refractivity contribution in [2.45, 2.75) is 46.6 Å². The molecule has 0 atom stereocenters. The number of pyridine rings is 1. The molecular formula is C17H21BrN2O4. The number of nitrogens with zero attached hydrogens (tertiary/aromatic N) is 2. The highest BCUT2D eigenvalue weighted by Crippen LogP contribution is 2.31. The van der Waals surface area contributed by atoms with E-state index in [2.05, 4.69) is 20.9 Å². The van der Waals surface area contributed by atoms with Gasteiger partial charge in [0.2, 0.25) is 0 Å². The van der Waals surface area contributed by atoms with Gasteiger partial charge in [0, 0.05) is 11.3 Å². The monoisotopic (exact) mass is 396 g/mol. The maximum atomic E-state index is 12.6. The lowest BCUT2D eigenvalue weighted by molar-refractivity contribution is -0.142. The Balaban J connectivity index is 2.58. The van der Waals surface area contributed by atoms with Crippen LogP contribution in [0.15, 0.2) is 16.7 Å². The van der Waals surface area contributed by atoms with Gasteiger partial charge in [0.05, 0.1) is 24.1 Å². The summed E-state index contributed by atoms with van der Waals surface area (Å²) in [5.41, 5.74) is 1.94. The van der Waals surface area contributed by atoms with Gasteiger partial charge in [-0.05, 0) is 62.7 Å². The second-order valence-corrected chi connectivity index (χ2v) is 7.14. The number of hydrogen-bond acceptors (Lipinski definition) is 5. The smallest absolute Gasteiger partial charge is 0.419 e. The molecule has 0 aliphatic carbocycles. The van der Waals surface area contributed by atoms with Crippen molar-refractivity contribution in [3.05, 3.63) is 28.0 Å². The number of ether oxygens (including phenoxy) is 2. The van der Waals surface area contributed by atoms with E-state index in [9.17, 15) is 9.59 Å². The van der Waals surface area contributed by atoms with Crippen molar-refractivity contribution in [2.24, 2.45) is 0 Å². The molecule has 0 fully saturated rings. The quantitative estimate of drug-likeness (QED) is 0.733. The molecule has 2 heterocycles. The van der Waals surface area contributed by atoms with E-state index in [1.807, 2.05) is 13.0 Å². The van der Waals surface area contributed by atoms with E-state index >= 15 is 0 Å². The first kappa shape index (κ1) is 18.4. The van der Waals surface area contributed by atoms with Crippen LogP contribution < -0.4 is 0 Å². The summed E-state index contributed by atoms with van der Waals surface area (Å²) in [5, 5.41) is 0. The molecule has 0 saturated carbocycles. The van der Waals surface area contributed by atoms with E-state index in [4.69, 9.17) is 9.47 Å². The maximum Gasteiger partial charge on any atom is 0.419 e. The Kier molecular flexibility index (Phi) is 5.32. The van der Waals surface area contributed by atoms with Crippen molar-refractivity contribution in [1.29, 1.82) is 0 Å². The van der Waals surface area contributed by atoms with Crippen molar-refractivity contribution in [3.63, 3.8) is 0 Å². The summed E-state index contributed by atoms with van der Waals surface area (Å²) in [6, 6.07) is 3.60. The largest absolute Gasteiger partial charge is 0.466 e. The van der Waals surface area contributed by atoms with Crippen LogP contribution in [0.25, 0.3) is 11.0 Å². The first-order valence-corrected chi connectivity index (χ1v) is 8.48. The molecule has 0 N–H and O–H groups in total. The fourth-order valence-electron chi connectivity index (χ4n) is 2.29. The maximum absolute atomic E-state index is 12.6. The number of carbonyl (C=O) groups is 2. The molecule has 7 heteroatoms. The second-order valence-electron chi connectivity index (χ2n) is 6.39. The van der Waals surface area contributed by atoms with Gasteiger partial charge in [0.1, 0.15) is 10.2 Å². The molecule has 0 aliphatic heterocycles. The van der Waals surface area contributed by atoms with Crippen LogP contribution in [0.1, 0.15) is 39.0 Å². The van der Waals surface area contributed by atoms with Crippen LogP contribution in [0.4, 0.5) is 4.79 Å². The molecule has 2 aromatic heterocycles. The second kappa shape index (κ2) is 6.93. The molecular weight excluding hydrogens is 376 g/mol. The topological polar surface area (TPSA) is 70.4 Å². The van der Waals surface area contributed by atoms with Crippen LogP contribution in [-0.4, -0.2) is 33.8 Å². The molecule has 0 aromatic carbocycles. The average molecular weight is 397 g/mol. The standard InChI is InChI=1S/C17H21BrN2O4/c1-6-23-13(21)9-11-14-12(8-7-10(2)19-14)20(15(11)18)16(22)24-17(3,4)5/h7-8H,6,9H2,1-5H3. The van der Waals surface area contributed by atoms with Crippen molar-refractivity contribution in [3.8, 4) is 0 Å². The zero-order chi connectivity index (χ0) is 18.1. The molecule has 0 amide bonds. The minimum Gasteiger partial charge on any atom is -0.466 e. The molecule has 0 spiro atoms. The third kappa shape index (κ3) is 3.95. The van der Waals surface area contributed by atoms with Crippen LogP contribution >= 0.6 is 15.9 Å². The third-order valence-electron chi connectivity index (χ3n) is 3.19. The SMILES string of the molecule is CCOC(=O)Cc1c(Br)n(C(=O)OC(C)(C)C)c2ccc(C)nc12. The van der Waals surface area contributed by atoms with Gasteiger partial charge in [-0.15, -0.1) is 0 Å². The molecule has 130 valence electrons. The number of fused-ring (bicyclic) bond motifs is 1. The fourth-order valence-corrected chi connectivity index (χ4v) is 2.95. The van der Waals surface area contributed by atoms with Crippen LogP contribution in [0.2, 0.25) is 0 Å². The van der Waals surface area contributed by atoms with Crippen LogP contribution in [0.5, 0.6) is 0 Å². The Morgan fingerprint density at radius 3 is 2.54 bits per heavy atom. The fraction of sp³-hybridized carbons (Fsp3) is 0.471. The van der Waals surface area contributed by atoms with E-state index in [-0.39, 0.29) is 12.4 Å². The van der Waals surface area contributed by atoms with Gasteiger partial charge in [-0.2, -0.15) is 0 Å². The minimum atomic E-state index is -0.632. The zero-order valence-corrected chi connectivity index (χ0v) is 16.1. The van der Waals surface area contributed by atoms with Gasteiger partial charge in [0.25, 0.3) is 0 Å². The lowest BCUT2D eigenvalue weighted by atomic mass is 10.2. The molecule has 0 bridgehead atoms. The van der Waals surface area contributed by atoms with Gasteiger partial charge in [0.15, 0.2) is 0 Å². The Bertz CT molecular complexity index is 790. The normalized spacial score (nSPS) is 11.6. The first-order valence-electron chi connectivity index (χ1n) is 7.69. The minimum absolute atomic E-state index is 0.0250. The zero-order valence-electron chi connectivity index (χ0n) is 14.5.